The Morgan fingerprint density at radius 3 is 2.37 bits per heavy atom. The molecule has 0 aliphatic carbocycles. The zero-order valence-corrected chi connectivity index (χ0v) is 10.9. The van der Waals surface area contributed by atoms with Crippen molar-refractivity contribution in [3.05, 3.63) is 42.0 Å². The third kappa shape index (κ3) is 3.01. The fourth-order valence-corrected chi connectivity index (χ4v) is 1.77. The van der Waals surface area contributed by atoms with Crippen LogP contribution in [0.15, 0.2) is 46.6 Å². The second-order valence-corrected chi connectivity index (χ2v) is 4.14. The third-order valence-electron chi connectivity index (χ3n) is 2.78. The lowest BCUT2D eigenvalue weighted by molar-refractivity contribution is 0.415. The van der Waals surface area contributed by atoms with Crippen molar-refractivity contribution in [3.8, 4) is 5.75 Å². The molecule has 0 radical (unpaired) electrons. The van der Waals surface area contributed by atoms with E-state index in [1.807, 2.05) is 43.3 Å². The van der Waals surface area contributed by atoms with Crippen molar-refractivity contribution in [1.82, 2.24) is 0 Å². The van der Waals surface area contributed by atoms with E-state index in [0.29, 0.717) is 0 Å². The van der Waals surface area contributed by atoms with Crippen LogP contribution < -0.4 is 16.2 Å². The van der Waals surface area contributed by atoms with Crippen LogP contribution in [-0.4, -0.2) is 18.8 Å². The Labute approximate surface area is 111 Å². The molecule has 0 amide bonds. The molecule has 5 nitrogen and oxygen atoms in total. The molecule has 0 fully saturated rings. The highest BCUT2D eigenvalue weighted by molar-refractivity contribution is 6.02. The van der Waals surface area contributed by atoms with Gasteiger partial charge in [-0.1, -0.05) is 18.2 Å². The van der Waals surface area contributed by atoms with Gasteiger partial charge in [-0.25, -0.2) is 0 Å². The van der Waals surface area contributed by atoms with E-state index in [-0.39, 0.29) is 5.96 Å². The highest BCUT2D eigenvalue weighted by Crippen LogP contribution is 2.22. The summed E-state index contributed by atoms with van der Waals surface area (Å²) in [5.74, 6) is 0.788. The van der Waals surface area contributed by atoms with Crippen LogP contribution >= 0.6 is 0 Å². The van der Waals surface area contributed by atoms with Crippen molar-refractivity contribution in [2.75, 3.05) is 7.11 Å². The van der Waals surface area contributed by atoms with Crippen molar-refractivity contribution in [2.45, 2.75) is 6.92 Å². The summed E-state index contributed by atoms with van der Waals surface area (Å²) >= 11 is 0. The van der Waals surface area contributed by atoms with Crippen molar-refractivity contribution >= 4 is 22.4 Å². The van der Waals surface area contributed by atoms with Gasteiger partial charge in [0.2, 0.25) is 5.96 Å². The molecule has 98 valence electrons. The van der Waals surface area contributed by atoms with Gasteiger partial charge < -0.3 is 16.2 Å². The lowest BCUT2D eigenvalue weighted by Gasteiger charge is -2.05. The first kappa shape index (κ1) is 12.9. The Balaban J connectivity index is 2.42. The first-order valence-electron chi connectivity index (χ1n) is 5.81. The number of rotatable bonds is 3. The van der Waals surface area contributed by atoms with E-state index in [0.717, 1.165) is 27.8 Å². The van der Waals surface area contributed by atoms with Gasteiger partial charge in [0.1, 0.15) is 5.75 Å². The average molecular weight is 256 g/mol. The number of methoxy groups -OCH3 is 1. The van der Waals surface area contributed by atoms with E-state index in [1.54, 1.807) is 7.11 Å². The molecule has 2 aromatic rings. The topological polar surface area (TPSA) is 86.0 Å². The molecule has 2 rings (SSSR count). The van der Waals surface area contributed by atoms with Crippen molar-refractivity contribution in [3.63, 3.8) is 0 Å². The van der Waals surface area contributed by atoms with Gasteiger partial charge in [0.25, 0.3) is 0 Å². The molecule has 2 aromatic carbocycles. The van der Waals surface area contributed by atoms with Crippen LogP contribution in [-0.2, 0) is 0 Å². The number of benzene rings is 2. The molecule has 0 unspecified atom stereocenters. The van der Waals surface area contributed by atoms with Gasteiger partial charge in [-0.15, -0.1) is 5.10 Å². The van der Waals surface area contributed by atoms with Gasteiger partial charge in [0.15, 0.2) is 0 Å². The number of nitrogens with zero attached hydrogens (tertiary/aromatic N) is 2. The molecule has 0 aromatic heterocycles. The fraction of sp³-hybridized carbons (Fsp3) is 0.143. The van der Waals surface area contributed by atoms with Crippen molar-refractivity contribution < 1.29 is 4.74 Å². The molecule has 0 heterocycles. The first-order chi connectivity index (χ1) is 9.10. The smallest absolute Gasteiger partial charge is 0.211 e. The largest absolute Gasteiger partial charge is 0.497 e. The minimum atomic E-state index is -0.0510. The zero-order valence-electron chi connectivity index (χ0n) is 10.9. The van der Waals surface area contributed by atoms with Crippen LogP contribution in [0.3, 0.4) is 0 Å². The highest BCUT2D eigenvalue weighted by Gasteiger charge is 2.01. The molecule has 0 spiro atoms. The predicted octanol–water partition coefficient (Wildman–Crippen LogP) is 1.85. The van der Waals surface area contributed by atoms with E-state index in [4.69, 9.17) is 16.2 Å². The number of hydrogen-bond acceptors (Lipinski definition) is 3. The Bertz CT molecular complexity index is 658. The monoisotopic (exact) mass is 256 g/mol. The van der Waals surface area contributed by atoms with Crippen LogP contribution in [0.5, 0.6) is 5.75 Å². The Hall–Kier alpha value is -2.56. The molecule has 5 heteroatoms. The second-order valence-electron chi connectivity index (χ2n) is 4.14. The summed E-state index contributed by atoms with van der Waals surface area (Å²) in [4.78, 5) is 0. The molecular weight excluding hydrogens is 240 g/mol. The van der Waals surface area contributed by atoms with Crippen LogP contribution in [0, 0.1) is 0 Å². The van der Waals surface area contributed by atoms with Gasteiger partial charge in [0, 0.05) is 0 Å². The van der Waals surface area contributed by atoms with Crippen molar-refractivity contribution in [1.29, 1.82) is 0 Å². The SMILES string of the molecule is COc1ccc2cc(C(C)=NN=C(N)N)ccc2c1. The summed E-state index contributed by atoms with van der Waals surface area (Å²) in [5.41, 5.74) is 12.2. The van der Waals surface area contributed by atoms with Gasteiger partial charge in [-0.3, -0.25) is 0 Å². The Morgan fingerprint density at radius 1 is 1.00 bits per heavy atom. The molecule has 19 heavy (non-hydrogen) atoms. The fourth-order valence-electron chi connectivity index (χ4n) is 1.77. The molecular formula is C14H16N4O. The molecule has 0 saturated carbocycles. The lowest BCUT2D eigenvalue weighted by Crippen LogP contribution is -2.22. The van der Waals surface area contributed by atoms with Gasteiger partial charge in [0.05, 0.1) is 12.8 Å². The summed E-state index contributed by atoms with van der Waals surface area (Å²) in [6, 6.07) is 11.9. The van der Waals surface area contributed by atoms with E-state index in [2.05, 4.69) is 10.2 Å². The highest BCUT2D eigenvalue weighted by atomic mass is 16.5. The summed E-state index contributed by atoms with van der Waals surface area (Å²) < 4.78 is 5.20. The molecule has 4 N–H and O–H groups in total. The lowest BCUT2D eigenvalue weighted by atomic mass is 10.0. The number of hydrogen-bond donors (Lipinski definition) is 2. The summed E-state index contributed by atoms with van der Waals surface area (Å²) in [5, 5.41) is 9.83. The number of ether oxygens (including phenoxy) is 1. The molecule has 0 aliphatic rings. The molecule has 0 bridgehead atoms. The minimum Gasteiger partial charge on any atom is -0.497 e. The van der Waals surface area contributed by atoms with Crippen LogP contribution in [0.25, 0.3) is 10.8 Å². The maximum absolute atomic E-state index is 5.25. The van der Waals surface area contributed by atoms with Gasteiger partial charge in [-0.05, 0) is 41.5 Å². The number of fused-ring (bicyclic) bond motifs is 1. The number of nitrogens with two attached hydrogens (primary N) is 2. The Kier molecular flexibility index (Phi) is 3.66. The van der Waals surface area contributed by atoms with Crippen molar-refractivity contribution in [2.24, 2.45) is 21.7 Å². The summed E-state index contributed by atoms with van der Waals surface area (Å²) in [6.45, 7) is 1.86. The van der Waals surface area contributed by atoms with E-state index in [9.17, 15) is 0 Å². The maximum Gasteiger partial charge on any atom is 0.211 e. The van der Waals surface area contributed by atoms with E-state index >= 15 is 0 Å². The molecule has 0 saturated heterocycles. The van der Waals surface area contributed by atoms with Crippen LogP contribution in [0.4, 0.5) is 0 Å². The van der Waals surface area contributed by atoms with Gasteiger partial charge in [-0.2, -0.15) is 5.10 Å². The predicted molar refractivity (Wildman–Crippen MR) is 78.5 cm³/mol. The molecule has 0 aliphatic heterocycles. The normalized spacial score (nSPS) is 11.4. The summed E-state index contributed by atoms with van der Waals surface area (Å²) in [7, 11) is 1.65. The average Bonchev–Trinajstić information content (AvgIpc) is 2.43. The van der Waals surface area contributed by atoms with E-state index < -0.39 is 0 Å². The second kappa shape index (κ2) is 5.39. The summed E-state index contributed by atoms with van der Waals surface area (Å²) in [6.07, 6.45) is 0. The quantitative estimate of drug-likeness (QED) is 0.499. The van der Waals surface area contributed by atoms with Crippen LogP contribution in [0.1, 0.15) is 12.5 Å². The van der Waals surface area contributed by atoms with E-state index in [1.165, 1.54) is 0 Å². The number of guanidine groups is 1. The zero-order chi connectivity index (χ0) is 13.8. The minimum absolute atomic E-state index is 0.0510. The first-order valence-corrected chi connectivity index (χ1v) is 5.81. The molecule has 0 atom stereocenters. The maximum atomic E-state index is 5.25. The Morgan fingerprint density at radius 2 is 1.68 bits per heavy atom. The standard InChI is InChI=1S/C14H16N4O/c1-9(17-18-14(15)16)10-3-4-12-8-13(19-2)6-5-11(12)7-10/h3-8H,1-2H3,(H4,15,16,18). The van der Waals surface area contributed by atoms with Crippen LogP contribution in [0.2, 0.25) is 0 Å². The van der Waals surface area contributed by atoms with Gasteiger partial charge >= 0.3 is 0 Å². The third-order valence-corrected chi connectivity index (χ3v) is 2.78.